The topological polar surface area (TPSA) is 125 Å². The number of pyridine rings is 1. The Balaban J connectivity index is 1.90. The molecular weight excluding hydrogens is 395 g/mol. The first-order valence-electron chi connectivity index (χ1n) is 9.16. The van der Waals surface area contributed by atoms with Gasteiger partial charge < -0.3 is 10.1 Å². The zero-order valence-electron chi connectivity index (χ0n) is 16.9. The van der Waals surface area contributed by atoms with Crippen molar-refractivity contribution >= 4 is 23.1 Å². The average molecular weight is 416 g/mol. The second-order valence-corrected chi connectivity index (χ2v) is 7.74. The summed E-state index contributed by atoms with van der Waals surface area (Å²) in [6, 6.07) is 2.27. The molecule has 0 radical (unpaired) electrons. The highest BCUT2D eigenvalue weighted by Gasteiger charge is 2.23. The number of ether oxygens (including phenoxy) is 1. The molecule has 0 saturated heterocycles. The van der Waals surface area contributed by atoms with Crippen LogP contribution in [0.4, 0.5) is 15.9 Å². The molecule has 0 aliphatic carbocycles. The van der Waals surface area contributed by atoms with Gasteiger partial charge in [0.25, 0.3) is 0 Å². The average Bonchev–Trinajstić information content (AvgIpc) is 3.02. The molecule has 0 saturated carbocycles. The molecule has 0 aliphatic rings. The third-order valence-corrected chi connectivity index (χ3v) is 3.94. The predicted molar refractivity (Wildman–Crippen MR) is 106 cm³/mol. The second kappa shape index (κ2) is 8.01. The van der Waals surface area contributed by atoms with E-state index in [4.69, 9.17) is 4.74 Å². The number of nitro groups is 1. The van der Waals surface area contributed by atoms with Crippen molar-refractivity contribution in [3.05, 3.63) is 46.7 Å². The van der Waals surface area contributed by atoms with Crippen molar-refractivity contribution in [2.24, 2.45) is 0 Å². The number of anilines is 1. The molecule has 30 heavy (non-hydrogen) atoms. The molecule has 3 heterocycles. The van der Waals surface area contributed by atoms with Gasteiger partial charge in [0, 0.05) is 12.2 Å². The van der Waals surface area contributed by atoms with E-state index >= 15 is 0 Å². The van der Waals surface area contributed by atoms with Gasteiger partial charge in [-0.3, -0.25) is 19.3 Å². The smallest absolute Gasteiger partial charge is 0.329 e. The maximum absolute atomic E-state index is 13.6. The third-order valence-electron chi connectivity index (χ3n) is 3.94. The number of esters is 1. The van der Waals surface area contributed by atoms with E-state index in [1.807, 2.05) is 0 Å². The van der Waals surface area contributed by atoms with Gasteiger partial charge in [-0.2, -0.15) is 0 Å². The lowest BCUT2D eigenvalue weighted by Gasteiger charge is -2.21. The fourth-order valence-corrected chi connectivity index (χ4v) is 2.78. The number of nitrogens with one attached hydrogen (secondary N) is 1. The predicted octanol–water partition coefficient (Wildman–Crippen LogP) is 3.37. The van der Waals surface area contributed by atoms with Gasteiger partial charge >= 0.3 is 11.7 Å². The van der Waals surface area contributed by atoms with E-state index < -0.39 is 28.4 Å². The summed E-state index contributed by atoms with van der Waals surface area (Å²) >= 11 is 0. The molecule has 1 N–H and O–H groups in total. The van der Waals surface area contributed by atoms with E-state index in [2.05, 4.69) is 20.3 Å². The first kappa shape index (κ1) is 21.1. The number of nitrogens with zero attached hydrogens (tertiary/aromatic N) is 5. The summed E-state index contributed by atoms with van der Waals surface area (Å²) in [5.74, 6) is -0.872. The molecule has 10 nitrogen and oxygen atoms in total. The lowest BCUT2D eigenvalue weighted by molar-refractivity contribution is -0.384. The Morgan fingerprint density at radius 1 is 1.33 bits per heavy atom. The Bertz CT molecular complexity index is 1110. The van der Waals surface area contributed by atoms with Crippen LogP contribution >= 0.6 is 0 Å². The van der Waals surface area contributed by atoms with Gasteiger partial charge in [0.05, 0.1) is 17.5 Å². The van der Waals surface area contributed by atoms with Crippen LogP contribution in [-0.4, -0.2) is 41.9 Å². The summed E-state index contributed by atoms with van der Waals surface area (Å²) in [6.07, 6.45) is 3.71. The monoisotopic (exact) mass is 416 g/mol. The summed E-state index contributed by atoms with van der Waals surface area (Å²) < 4.78 is 20.4. The van der Waals surface area contributed by atoms with Crippen molar-refractivity contribution in [2.45, 2.75) is 45.8 Å². The molecule has 0 bridgehead atoms. The minimum atomic E-state index is -0.636. The third kappa shape index (κ3) is 4.85. The first-order valence-corrected chi connectivity index (χ1v) is 9.16. The molecule has 3 aromatic rings. The Hall–Kier alpha value is -3.63. The summed E-state index contributed by atoms with van der Waals surface area (Å²) in [6.45, 7) is 6.94. The van der Waals surface area contributed by atoms with Crippen molar-refractivity contribution in [3.8, 4) is 11.5 Å². The fraction of sp³-hybridized carbons (Fsp3) is 0.368. The molecule has 0 aromatic carbocycles. The number of halogens is 1. The standard InChI is InChI=1S/C19H21FN6O4/c1-11(7-16(27)30-19(2,3)4)23-18-14(26(28)29)9-22-17(24-18)13-8-21-15-6-5-12(20)10-25(13)15/h5-6,8-11H,7H2,1-4H3,(H,22,23,24)/t11-/m1/s1. The Morgan fingerprint density at radius 3 is 2.73 bits per heavy atom. The molecule has 3 aromatic heterocycles. The highest BCUT2D eigenvalue weighted by Crippen LogP contribution is 2.26. The van der Waals surface area contributed by atoms with Crippen molar-refractivity contribution < 1.29 is 18.8 Å². The molecule has 11 heteroatoms. The fourth-order valence-electron chi connectivity index (χ4n) is 2.78. The Morgan fingerprint density at radius 2 is 2.07 bits per heavy atom. The van der Waals surface area contributed by atoms with Gasteiger partial charge in [-0.05, 0) is 39.8 Å². The second-order valence-electron chi connectivity index (χ2n) is 7.74. The molecule has 0 fully saturated rings. The number of hydrogen-bond acceptors (Lipinski definition) is 8. The van der Waals surface area contributed by atoms with Crippen molar-refractivity contribution in [2.75, 3.05) is 5.32 Å². The van der Waals surface area contributed by atoms with E-state index in [9.17, 15) is 19.3 Å². The minimum Gasteiger partial charge on any atom is -0.460 e. The number of rotatable bonds is 6. The molecule has 158 valence electrons. The number of aromatic nitrogens is 4. The van der Waals surface area contributed by atoms with Crippen LogP contribution < -0.4 is 5.32 Å². The van der Waals surface area contributed by atoms with Crippen LogP contribution in [0.3, 0.4) is 0 Å². The van der Waals surface area contributed by atoms with E-state index in [1.165, 1.54) is 28.9 Å². The van der Waals surface area contributed by atoms with E-state index in [1.54, 1.807) is 27.7 Å². The SMILES string of the molecule is C[C@H](CC(=O)OC(C)(C)C)Nc1nc(-c2cnc3ccc(F)cn23)ncc1[N+](=O)[O-]. The minimum absolute atomic E-state index is 0.0193. The summed E-state index contributed by atoms with van der Waals surface area (Å²) in [7, 11) is 0. The highest BCUT2D eigenvalue weighted by atomic mass is 19.1. The zero-order valence-corrected chi connectivity index (χ0v) is 16.9. The normalized spacial score (nSPS) is 12.6. The molecule has 3 rings (SSSR count). The molecule has 0 amide bonds. The van der Waals surface area contributed by atoms with Crippen LogP contribution in [0.25, 0.3) is 17.2 Å². The summed E-state index contributed by atoms with van der Waals surface area (Å²) in [4.78, 5) is 35.2. The number of carbonyl (C=O) groups excluding carboxylic acids is 1. The van der Waals surface area contributed by atoms with Gasteiger partial charge in [0.1, 0.15) is 29.0 Å². The summed E-state index contributed by atoms with van der Waals surface area (Å²) in [5.41, 5.74) is -0.151. The van der Waals surface area contributed by atoms with E-state index in [0.29, 0.717) is 11.3 Å². The van der Waals surface area contributed by atoms with Crippen molar-refractivity contribution in [1.82, 2.24) is 19.4 Å². The first-order chi connectivity index (χ1) is 14.0. The zero-order chi connectivity index (χ0) is 22.1. The van der Waals surface area contributed by atoms with Crippen LogP contribution in [0, 0.1) is 15.9 Å². The van der Waals surface area contributed by atoms with Gasteiger partial charge in [0.2, 0.25) is 5.82 Å². The van der Waals surface area contributed by atoms with Gasteiger partial charge in [0.15, 0.2) is 5.82 Å². The molecular formula is C19H21FN6O4. The van der Waals surface area contributed by atoms with Crippen molar-refractivity contribution in [1.29, 1.82) is 0 Å². The highest BCUT2D eigenvalue weighted by molar-refractivity contribution is 5.71. The van der Waals surface area contributed by atoms with Gasteiger partial charge in [-0.15, -0.1) is 0 Å². The lowest BCUT2D eigenvalue weighted by atomic mass is 10.2. The van der Waals surface area contributed by atoms with Crippen LogP contribution in [0.5, 0.6) is 0 Å². The Labute approximate surface area is 171 Å². The molecule has 0 unspecified atom stereocenters. The quantitative estimate of drug-likeness (QED) is 0.368. The molecule has 0 aliphatic heterocycles. The van der Waals surface area contributed by atoms with E-state index in [0.717, 1.165) is 6.20 Å². The lowest BCUT2D eigenvalue weighted by Crippen LogP contribution is -2.28. The van der Waals surface area contributed by atoms with E-state index in [-0.39, 0.29) is 23.8 Å². The maximum atomic E-state index is 13.6. The maximum Gasteiger partial charge on any atom is 0.329 e. The summed E-state index contributed by atoms with van der Waals surface area (Å²) in [5, 5.41) is 14.3. The van der Waals surface area contributed by atoms with Crippen LogP contribution in [0.2, 0.25) is 0 Å². The van der Waals surface area contributed by atoms with Gasteiger partial charge in [-0.25, -0.2) is 19.3 Å². The van der Waals surface area contributed by atoms with Crippen LogP contribution in [-0.2, 0) is 9.53 Å². The Kier molecular flexibility index (Phi) is 5.63. The van der Waals surface area contributed by atoms with Crippen LogP contribution in [0.1, 0.15) is 34.1 Å². The number of hydrogen-bond donors (Lipinski definition) is 1. The van der Waals surface area contributed by atoms with Crippen molar-refractivity contribution in [3.63, 3.8) is 0 Å². The van der Waals surface area contributed by atoms with Gasteiger partial charge in [-0.1, -0.05) is 0 Å². The molecule has 1 atom stereocenters. The van der Waals surface area contributed by atoms with Crippen LogP contribution in [0.15, 0.2) is 30.7 Å². The number of fused-ring (bicyclic) bond motifs is 1. The molecule has 0 spiro atoms. The number of carbonyl (C=O) groups is 1. The largest absolute Gasteiger partial charge is 0.460 e. The number of imidazole rings is 1.